The van der Waals surface area contributed by atoms with E-state index >= 15 is 0 Å². The highest BCUT2D eigenvalue weighted by atomic mass is 35.5. The second kappa shape index (κ2) is 8.42. The summed E-state index contributed by atoms with van der Waals surface area (Å²) in [6.07, 6.45) is 2.17. The normalized spacial score (nSPS) is 21.9. The molecule has 148 valence electrons. The maximum Gasteiger partial charge on any atom is 0.132 e. The molecule has 0 aliphatic carbocycles. The summed E-state index contributed by atoms with van der Waals surface area (Å²) in [6.45, 7) is 3.80. The van der Waals surface area contributed by atoms with Crippen molar-refractivity contribution in [3.8, 4) is 0 Å². The minimum Gasteiger partial charge on any atom is -0.372 e. The number of rotatable bonds is 5. The van der Waals surface area contributed by atoms with E-state index in [4.69, 9.17) is 27.9 Å². The highest BCUT2D eigenvalue weighted by molar-refractivity contribution is 6.36. The van der Waals surface area contributed by atoms with Crippen LogP contribution in [0.15, 0.2) is 42.5 Å². The smallest absolute Gasteiger partial charge is 0.132 e. The number of hydrogen-bond donors (Lipinski definition) is 1. The Bertz CT molecular complexity index is 944. The molecule has 4 nitrogen and oxygen atoms in total. The van der Waals surface area contributed by atoms with E-state index in [0.717, 1.165) is 29.4 Å². The number of likely N-dealkylation sites (tertiary alicyclic amines) is 1. The number of benzene rings is 2. The number of hydrogen-bond acceptors (Lipinski definition) is 3. The van der Waals surface area contributed by atoms with Crippen LogP contribution in [0.1, 0.15) is 42.9 Å². The summed E-state index contributed by atoms with van der Waals surface area (Å²) in [5, 5.41) is 9.14. The van der Waals surface area contributed by atoms with Gasteiger partial charge in [0.15, 0.2) is 0 Å². The Kier molecular flexibility index (Phi) is 5.93. The number of nitrogens with zero attached hydrogens (tertiary/aromatic N) is 2. The second-order valence-electron chi connectivity index (χ2n) is 7.67. The molecule has 3 aromatic rings. The summed E-state index contributed by atoms with van der Waals surface area (Å²) in [4.78, 5) is 2.41. The monoisotopic (exact) mass is 417 g/mol. The van der Waals surface area contributed by atoms with Crippen LogP contribution in [0, 0.1) is 0 Å². The van der Waals surface area contributed by atoms with E-state index in [9.17, 15) is 0 Å². The average molecular weight is 418 g/mol. The van der Waals surface area contributed by atoms with Gasteiger partial charge < -0.3 is 9.64 Å². The van der Waals surface area contributed by atoms with Gasteiger partial charge in [0.25, 0.3) is 0 Å². The predicted octanol–water partition coefficient (Wildman–Crippen LogP) is 5.83. The first-order valence-corrected chi connectivity index (χ1v) is 10.5. The molecule has 0 spiro atoms. The van der Waals surface area contributed by atoms with E-state index in [1.54, 1.807) is 0 Å². The first-order chi connectivity index (χ1) is 13.5. The summed E-state index contributed by atoms with van der Waals surface area (Å²) in [5.41, 5.74) is 3.21. The van der Waals surface area contributed by atoms with Crippen molar-refractivity contribution >= 4 is 34.1 Å². The third-order valence-electron chi connectivity index (χ3n) is 5.86. The van der Waals surface area contributed by atoms with Crippen molar-refractivity contribution in [2.75, 3.05) is 20.2 Å². The lowest BCUT2D eigenvalue weighted by Crippen LogP contribution is -2.42. The Labute approximate surface area is 175 Å². The molecule has 1 fully saturated rings. The quantitative estimate of drug-likeness (QED) is 0.567. The van der Waals surface area contributed by atoms with Gasteiger partial charge in [-0.25, -0.2) is 0 Å². The zero-order valence-electron chi connectivity index (χ0n) is 16.2. The molecular formula is C22H25Cl2N3O. The van der Waals surface area contributed by atoms with Crippen LogP contribution in [-0.2, 0) is 4.74 Å². The van der Waals surface area contributed by atoms with Crippen molar-refractivity contribution in [1.29, 1.82) is 0 Å². The van der Waals surface area contributed by atoms with E-state index in [2.05, 4.69) is 52.5 Å². The van der Waals surface area contributed by atoms with E-state index in [-0.39, 0.29) is 6.10 Å². The van der Waals surface area contributed by atoms with Crippen LogP contribution in [-0.4, -0.2) is 41.3 Å². The molecule has 1 aromatic heterocycles. The molecule has 2 heterocycles. The van der Waals surface area contributed by atoms with Gasteiger partial charge >= 0.3 is 0 Å². The molecule has 3 atom stereocenters. The lowest BCUT2D eigenvalue weighted by Gasteiger charge is -2.37. The van der Waals surface area contributed by atoms with Gasteiger partial charge in [0.2, 0.25) is 0 Å². The maximum atomic E-state index is 6.30. The lowest BCUT2D eigenvalue weighted by atomic mass is 9.86. The number of aromatic nitrogens is 2. The molecule has 6 heteroatoms. The molecule has 2 aromatic carbocycles. The molecule has 1 aliphatic heterocycles. The number of H-pyrrole nitrogens is 1. The van der Waals surface area contributed by atoms with Crippen LogP contribution < -0.4 is 0 Å². The van der Waals surface area contributed by atoms with Crippen LogP contribution in [0.3, 0.4) is 0 Å². The van der Waals surface area contributed by atoms with Crippen LogP contribution in [0.5, 0.6) is 0 Å². The second-order valence-corrected chi connectivity index (χ2v) is 8.49. The van der Waals surface area contributed by atoms with Gasteiger partial charge in [-0.2, -0.15) is 5.10 Å². The van der Waals surface area contributed by atoms with Crippen LogP contribution >= 0.6 is 23.2 Å². The van der Waals surface area contributed by atoms with Gasteiger partial charge in [-0.15, -0.1) is 0 Å². The van der Waals surface area contributed by atoms with Crippen LogP contribution in [0.4, 0.5) is 0 Å². The zero-order chi connectivity index (χ0) is 19.7. The molecule has 1 saturated heterocycles. The Morgan fingerprint density at radius 2 is 2.04 bits per heavy atom. The van der Waals surface area contributed by atoms with E-state index < -0.39 is 0 Å². The minimum atomic E-state index is -0.119. The van der Waals surface area contributed by atoms with Gasteiger partial charge in [0.05, 0.1) is 18.2 Å². The number of fused-ring (bicyclic) bond motifs is 1. The summed E-state index contributed by atoms with van der Waals surface area (Å²) in [7, 11) is 2.19. The summed E-state index contributed by atoms with van der Waals surface area (Å²) in [5.74, 6) is 0.587. The topological polar surface area (TPSA) is 41.1 Å². The third kappa shape index (κ3) is 4.06. The first kappa shape index (κ1) is 19.7. The predicted molar refractivity (Wildman–Crippen MR) is 115 cm³/mol. The molecule has 0 saturated carbocycles. The highest BCUT2D eigenvalue weighted by Crippen LogP contribution is 2.34. The van der Waals surface area contributed by atoms with Crippen LogP contribution in [0.25, 0.3) is 10.9 Å². The maximum absolute atomic E-state index is 6.30. The number of nitrogens with one attached hydrogen (secondary N) is 1. The summed E-state index contributed by atoms with van der Waals surface area (Å²) >= 11 is 12.5. The average Bonchev–Trinajstić information content (AvgIpc) is 3.08. The SMILES string of the molecule is C[C@@H](OCC1CC(c2ccccc2)CCN1C)c1cc(Cl)cc2c(Cl)[nH]nc12. The van der Waals surface area contributed by atoms with Crippen LogP contribution in [0.2, 0.25) is 10.2 Å². The molecule has 2 unspecified atom stereocenters. The standard InChI is InChI=1S/C22H25Cl2N3O/c1-14(19-11-17(23)12-20-21(19)25-26-22(20)24)28-13-18-10-16(8-9-27(18)2)15-6-4-3-5-7-15/h3-7,11-12,14,16,18H,8-10,13H2,1-2H3,(H,25,26)/t14-,16?,18?/m1/s1. The molecule has 28 heavy (non-hydrogen) atoms. The van der Waals surface area contributed by atoms with E-state index in [0.29, 0.717) is 28.7 Å². The largest absolute Gasteiger partial charge is 0.372 e. The summed E-state index contributed by atoms with van der Waals surface area (Å²) < 4.78 is 6.30. The zero-order valence-corrected chi connectivity index (χ0v) is 17.7. The number of halogens is 2. The Hall–Kier alpha value is -1.59. The van der Waals surface area contributed by atoms with Gasteiger partial charge in [0.1, 0.15) is 5.15 Å². The Balaban J connectivity index is 1.46. The van der Waals surface area contributed by atoms with Gasteiger partial charge in [-0.05, 0) is 57.0 Å². The molecule has 1 N–H and O–H groups in total. The first-order valence-electron chi connectivity index (χ1n) is 9.72. The fourth-order valence-electron chi connectivity index (χ4n) is 4.12. The number of piperidine rings is 1. The van der Waals surface area contributed by atoms with Gasteiger partial charge in [-0.1, -0.05) is 53.5 Å². The molecular weight excluding hydrogens is 393 g/mol. The molecule has 0 radical (unpaired) electrons. The van der Waals surface area contributed by atoms with Crippen molar-refractivity contribution < 1.29 is 4.74 Å². The lowest BCUT2D eigenvalue weighted by molar-refractivity contribution is 0.00817. The third-order valence-corrected chi connectivity index (χ3v) is 6.37. The Morgan fingerprint density at radius 1 is 1.25 bits per heavy atom. The van der Waals surface area contributed by atoms with Gasteiger partial charge in [-0.3, -0.25) is 5.10 Å². The molecule has 0 bridgehead atoms. The van der Waals surface area contributed by atoms with Crippen molar-refractivity contribution in [3.05, 3.63) is 63.8 Å². The summed E-state index contributed by atoms with van der Waals surface area (Å²) in [6, 6.07) is 14.9. The number of ether oxygens (including phenoxy) is 1. The Morgan fingerprint density at radius 3 is 2.82 bits per heavy atom. The van der Waals surface area contributed by atoms with Crippen molar-refractivity contribution in [2.45, 2.75) is 37.8 Å². The molecule has 0 amide bonds. The fourth-order valence-corrected chi connectivity index (χ4v) is 4.54. The van der Waals surface area contributed by atoms with Crippen molar-refractivity contribution in [3.63, 3.8) is 0 Å². The molecule has 4 rings (SSSR count). The fraction of sp³-hybridized carbons (Fsp3) is 0.409. The van der Waals surface area contributed by atoms with Crippen molar-refractivity contribution in [1.82, 2.24) is 15.1 Å². The van der Waals surface area contributed by atoms with E-state index in [1.807, 2.05) is 19.1 Å². The van der Waals surface area contributed by atoms with Crippen molar-refractivity contribution in [2.24, 2.45) is 0 Å². The molecule has 1 aliphatic rings. The number of likely N-dealkylation sites (N-methyl/N-ethyl adjacent to an activating group) is 1. The minimum absolute atomic E-state index is 0.119. The number of aromatic amines is 1. The highest BCUT2D eigenvalue weighted by Gasteiger charge is 2.28. The van der Waals surface area contributed by atoms with Gasteiger partial charge in [0, 0.05) is 22.0 Å². The van der Waals surface area contributed by atoms with E-state index in [1.165, 1.54) is 12.0 Å².